The van der Waals surface area contributed by atoms with Gasteiger partial charge in [-0.05, 0) is 11.1 Å². The highest BCUT2D eigenvalue weighted by molar-refractivity contribution is 5.83. The van der Waals surface area contributed by atoms with Gasteiger partial charge in [-0.3, -0.25) is 4.79 Å². The molecule has 4 atom stereocenters. The van der Waals surface area contributed by atoms with Crippen LogP contribution in [0, 0.1) is 11.8 Å². The largest absolute Gasteiger partial charge is 0.550 e. The molecule has 0 radical (unpaired) electrons. The van der Waals surface area contributed by atoms with Crippen LogP contribution in [-0.2, 0) is 14.3 Å². The van der Waals surface area contributed by atoms with Crippen molar-refractivity contribution >= 4 is 11.9 Å². The number of carbonyl (C=O) groups is 2. The van der Waals surface area contributed by atoms with Crippen LogP contribution in [0.15, 0.2) is 60.7 Å². The van der Waals surface area contributed by atoms with E-state index in [4.69, 9.17) is 9.84 Å². The Bertz CT molecular complexity index is 681. The van der Waals surface area contributed by atoms with Crippen LogP contribution in [0.4, 0.5) is 0 Å². The van der Waals surface area contributed by atoms with Crippen molar-refractivity contribution < 1.29 is 24.5 Å². The van der Waals surface area contributed by atoms with Crippen LogP contribution in [0.5, 0.6) is 0 Å². The third-order valence-corrected chi connectivity index (χ3v) is 4.80. The molecule has 0 amide bonds. The van der Waals surface area contributed by atoms with Crippen molar-refractivity contribution in [1.82, 2.24) is 0 Å². The summed E-state index contributed by atoms with van der Waals surface area (Å²) >= 11 is 0. The van der Waals surface area contributed by atoms with Crippen LogP contribution in [0.2, 0.25) is 0 Å². The van der Waals surface area contributed by atoms with Crippen molar-refractivity contribution in [3.8, 4) is 0 Å². The van der Waals surface area contributed by atoms with Crippen LogP contribution in [0.25, 0.3) is 0 Å². The van der Waals surface area contributed by atoms with Gasteiger partial charge in [0.25, 0.3) is 0 Å². The minimum atomic E-state index is -1.17. The molecule has 1 aliphatic carbocycles. The van der Waals surface area contributed by atoms with Crippen molar-refractivity contribution in [1.29, 1.82) is 0 Å². The molecular formula is C20H19O5-. The smallest absolute Gasteiger partial charge is 0.310 e. The van der Waals surface area contributed by atoms with Crippen LogP contribution in [0.3, 0.4) is 0 Å². The highest BCUT2D eigenvalue weighted by atomic mass is 16.5. The van der Waals surface area contributed by atoms with Gasteiger partial charge in [0.1, 0.15) is 6.61 Å². The first-order valence-corrected chi connectivity index (χ1v) is 8.23. The second kappa shape index (κ2) is 7.49. The number of carboxylic acids is 1. The molecule has 1 aliphatic rings. The number of carbonyl (C=O) groups excluding carboxylic acids is 2. The monoisotopic (exact) mass is 339 g/mol. The molecule has 0 aliphatic heterocycles. The van der Waals surface area contributed by atoms with Crippen LogP contribution >= 0.6 is 0 Å². The van der Waals surface area contributed by atoms with Crippen molar-refractivity contribution in [2.75, 3.05) is 13.2 Å². The first-order valence-electron chi connectivity index (χ1n) is 8.23. The van der Waals surface area contributed by atoms with Gasteiger partial charge in [-0.2, -0.15) is 0 Å². The Morgan fingerprint density at radius 3 is 1.76 bits per heavy atom. The quantitative estimate of drug-likeness (QED) is 0.796. The third-order valence-electron chi connectivity index (χ3n) is 4.80. The fourth-order valence-electron chi connectivity index (χ4n) is 3.76. The average Bonchev–Trinajstić information content (AvgIpc) is 2.60. The van der Waals surface area contributed by atoms with Crippen molar-refractivity contribution in [2.24, 2.45) is 11.8 Å². The number of esters is 1. The van der Waals surface area contributed by atoms with E-state index in [9.17, 15) is 14.7 Å². The molecule has 0 heterocycles. The average molecular weight is 339 g/mol. The summed E-state index contributed by atoms with van der Waals surface area (Å²) in [7, 11) is 0. The van der Waals surface area contributed by atoms with Crippen molar-refractivity contribution in [3.05, 3.63) is 71.8 Å². The second-order valence-electron chi connectivity index (χ2n) is 6.13. The maximum atomic E-state index is 12.6. The van der Waals surface area contributed by atoms with Gasteiger partial charge in [0.05, 0.1) is 12.5 Å². The fourth-order valence-corrected chi connectivity index (χ4v) is 3.76. The first kappa shape index (κ1) is 17.2. The van der Waals surface area contributed by atoms with Gasteiger partial charge in [0, 0.05) is 23.7 Å². The van der Waals surface area contributed by atoms with Gasteiger partial charge in [-0.25, -0.2) is 0 Å². The van der Waals surface area contributed by atoms with Crippen molar-refractivity contribution in [2.45, 2.75) is 11.8 Å². The van der Waals surface area contributed by atoms with Gasteiger partial charge in [0.2, 0.25) is 0 Å². The van der Waals surface area contributed by atoms with Gasteiger partial charge in [-0.1, -0.05) is 60.7 Å². The minimum Gasteiger partial charge on any atom is -0.550 e. The van der Waals surface area contributed by atoms with Gasteiger partial charge in [-0.15, -0.1) is 0 Å². The Morgan fingerprint density at radius 1 is 0.880 bits per heavy atom. The summed E-state index contributed by atoms with van der Waals surface area (Å²) in [6.07, 6.45) is 0. The van der Waals surface area contributed by atoms with E-state index in [0.29, 0.717) is 0 Å². The molecule has 1 fully saturated rings. The molecule has 0 spiro atoms. The molecule has 3 rings (SSSR count). The summed E-state index contributed by atoms with van der Waals surface area (Å²) in [5, 5.41) is 20.7. The fraction of sp³-hybridized carbons (Fsp3) is 0.300. The van der Waals surface area contributed by atoms with E-state index in [1.54, 1.807) is 0 Å². The zero-order valence-electron chi connectivity index (χ0n) is 13.6. The Kier molecular flexibility index (Phi) is 5.14. The molecule has 0 bridgehead atoms. The van der Waals surface area contributed by atoms with Crippen molar-refractivity contribution in [3.63, 3.8) is 0 Å². The van der Waals surface area contributed by atoms with E-state index in [2.05, 4.69) is 0 Å². The number of carboxylic acid groups (broad SMARTS) is 1. The van der Waals surface area contributed by atoms with Gasteiger partial charge < -0.3 is 19.7 Å². The summed E-state index contributed by atoms with van der Waals surface area (Å²) in [5.74, 6) is -4.12. The van der Waals surface area contributed by atoms with Crippen LogP contribution in [0.1, 0.15) is 23.0 Å². The van der Waals surface area contributed by atoms with Gasteiger partial charge >= 0.3 is 5.97 Å². The SMILES string of the molecule is O=C([O-])C1[C@@H](c2ccccc2)C(C(=O)OCCO)[C@H]1c1ccccc1. The molecule has 2 unspecified atom stereocenters. The molecule has 25 heavy (non-hydrogen) atoms. The Balaban J connectivity index is 1.99. The molecule has 1 N–H and O–H groups in total. The zero-order valence-corrected chi connectivity index (χ0v) is 13.6. The molecule has 2 aromatic rings. The minimum absolute atomic E-state index is 0.103. The Labute approximate surface area is 145 Å². The van der Waals surface area contributed by atoms with E-state index < -0.39 is 35.6 Å². The first-order chi connectivity index (χ1) is 12.1. The van der Waals surface area contributed by atoms with E-state index in [-0.39, 0.29) is 13.2 Å². The third kappa shape index (κ3) is 3.28. The number of ether oxygens (including phenoxy) is 1. The second-order valence-corrected chi connectivity index (χ2v) is 6.13. The standard InChI is InChI=1S/C20H20O5/c21-11-12-25-20(24)18-15(13-7-3-1-4-8-13)17(19(22)23)16(18)14-9-5-2-6-10-14/h1-10,15-18,21H,11-12H2,(H,22,23)/p-1/t15-,16+,17?,18?. The molecule has 0 saturated heterocycles. The molecular weight excluding hydrogens is 320 g/mol. The summed E-state index contributed by atoms with van der Waals surface area (Å²) in [6.45, 7) is -0.372. The maximum Gasteiger partial charge on any atom is 0.310 e. The molecule has 5 heteroatoms. The van der Waals surface area contributed by atoms with Crippen LogP contribution in [-0.4, -0.2) is 30.3 Å². The lowest BCUT2D eigenvalue weighted by atomic mass is 9.52. The van der Waals surface area contributed by atoms with E-state index in [1.165, 1.54) is 0 Å². The molecule has 2 aromatic carbocycles. The lowest BCUT2D eigenvalue weighted by molar-refractivity contribution is -0.317. The lowest BCUT2D eigenvalue weighted by Gasteiger charge is -2.51. The summed E-state index contributed by atoms with van der Waals surface area (Å²) < 4.78 is 5.12. The summed E-state index contributed by atoms with van der Waals surface area (Å²) in [4.78, 5) is 24.4. The molecule has 130 valence electrons. The van der Waals surface area contributed by atoms with Crippen LogP contribution < -0.4 is 5.11 Å². The number of hydrogen-bond acceptors (Lipinski definition) is 5. The zero-order chi connectivity index (χ0) is 17.8. The predicted molar refractivity (Wildman–Crippen MR) is 88.4 cm³/mol. The molecule has 1 saturated carbocycles. The predicted octanol–water partition coefficient (Wildman–Crippen LogP) is 1.09. The number of aliphatic hydroxyl groups excluding tert-OH is 1. The Hall–Kier alpha value is -2.66. The number of benzene rings is 2. The number of hydrogen-bond donors (Lipinski definition) is 1. The lowest BCUT2D eigenvalue weighted by Crippen LogP contribution is -2.55. The highest BCUT2D eigenvalue weighted by Gasteiger charge is 2.56. The normalized spacial score (nSPS) is 25.0. The molecule has 5 nitrogen and oxygen atoms in total. The number of aliphatic hydroxyl groups is 1. The topological polar surface area (TPSA) is 86.7 Å². The number of aliphatic carboxylic acids is 1. The maximum absolute atomic E-state index is 12.6. The van der Waals surface area contributed by atoms with Gasteiger partial charge in [0.15, 0.2) is 0 Å². The van der Waals surface area contributed by atoms with E-state index >= 15 is 0 Å². The molecule has 0 aromatic heterocycles. The van der Waals surface area contributed by atoms with E-state index in [0.717, 1.165) is 11.1 Å². The summed E-state index contributed by atoms with van der Waals surface area (Å²) in [6, 6.07) is 18.2. The summed E-state index contributed by atoms with van der Waals surface area (Å²) in [5.41, 5.74) is 1.55. The highest BCUT2D eigenvalue weighted by Crippen LogP contribution is 2.57. The Morgan fingerprint density at radius 2 is 1.36 bits per heavy atom. The van der Waals surface area contributed by atoms with E-state index in [1.807, 2.05) is 60.7 Å². The number of rotatable bonds is 6.